The van der Waals surface area contributed by atoms with E-state index in [9.17, 15) is 8.42 Å². The number of benzene rings is 1. The van der Waals surface area contributed by atoms with Crippen LogP contribution in [0.3, 0.4) is 0 Å². The molecule has 16 heavy (non-hydrogen) atoms. The Morgan fingerprint density at radius 2 is 1.31 bits per heavy atom. The van der Waals surface area contributed by atoms with E-state index in [1.807, 2.05) is 38.3 Å². The molecule has 3 nitrogen and oxygen atoms in total. The van der Waals surface area contributed by atoms with Crippen LogP contribution in [0.5, 0.6) is 0 Å². The minimum Gasteiger partial charge on any atom is -0.270 e. The molecule has 0 N–H and O–H groups in total. The van der Waals surface area contributed by atoms with Crippen molar-refractivity contribution in [3.63, 3.8) is 0 Å². The molecule has 8 heteroatoms. The van der Waals surface area contributed by atoms with Gasteiger partial charge in [0.1, 0.15) is 31.4 Å². The average molecular weight is 234 g/mol. The predicted molar refractivity (Wildman–Crippen MR) is 78.1 cm³/mol. The van der Waals surface area contributed by atoms with Crippen molar-refractivity contribution in [2.45, 2.75) is 11.8 Å². The molecular formula is C8H14B4O3S. The van der Waals surface area contributed by atoms with Crippen molar-refractivity contribution < 1.29 is 12.6 Å². The van der Waals surface area contributed by atoms with E-state index in [4.69, 9.17) is 0 Å². The Balaban J connectivity index is 3.79. The Labute approximate surface area is 101 Å². The molecule has 82 valence electrons. The molecule has 1 aromatic carbocycles. The van der Waals surface area contributed by atoms with E-state index >= 15 is 0 Å². The van der Waals surface area contributed by atoms with Crippen LogP contribution in [0.25, 0.3) is 0 Å². The second kappa shape index (κ2) is 4.34. The zero-order chi connectivity index (χ0) is 12.7. The largest absolute Gasteiger partial charge is 0.295 e. The first kappa shape index (κ1) is 13.5. The highest BCUT2D eigenvalue weighted by atomic mass is 32.2. The summed E-state index contributed by atoms with van der Waals surface area (Å²) in [7, 11) is 5.08. The SMILES string of the molecule is Bc1c(B)c(S(=O)(=O)OC)c(B)c(B)c1C. The van der Waals surface area contributed by atoms with Gasteiger partial charge in [-0.1, -0.05) is 27.4 Å². The minimum atomic E-state index is -3.62. The van der Waals surface area contributed by atoms with Crippen LogP contribution in [0, 0.1) is 6.92 Å². The highest BCUT2D eigenvalue weighted by Crippen LogP contribution is 2.04. The predicted octanol–water partition coefficient (Wildman–Crippen LogP) is -5.64. The summed E-state index contributed by atoms with van der Waals surface area (Å²) in [5.74, 6) is 0. The molecule has 0 atom stereocenters. The lowest BCUT2D eigenvalue weighted by Gasteiger charge is -2.18. The van der Waals surface area contributed by atoms with Gasteiger partial charge in [-0.15, -0.1) is 0 Å². The molecule has 0 aliphatic rings. The second-order valence-corrected chi connectivity index (χ2v) is 5.72. The summed E-state index contributed by atoms with van der Waals surface area (Å²) in [5.41, 5.74) is 4.73. The Kier molecular flexibility index (Phi) is 3.65. The fourth-order valence-corrected chi connectivity index (χ4v) is 3.15. The maximum absolute atomic E-state index is 11.8. The Morgan fingerprint density at radius 1 is 0.938 bits per heavy atom. The Bertz CT molecular complexity index is 510. The third-order valence-electron chi connectivity index (χ3n) is 3.40. The zero-order valence-electron chi connectivity index (χ0n) is 10.6. The molecule has 0 spiro atoms. The second-order valence-electron chi connectivity index (χ2n) is 4.07. The van der Waals surface area contributed by atoms with Gasteiger partial charge in [-0.25, -0.2) is 0 Å². The van der Waals surface area contributed by atoms with Crippen LogP contribution in [0.4, 0.5) is 0 Å². The minimum absolute atomic E-state index is 0.315. The van der Waals surface area contributed by atoms with E-state index in [2.05, 4.69) is 4.18 Å². The summed E-state index contributed by atoms with van der Waals surface area (Å²) in [4.78, 5) is 0.315. The van der Waals surface area contributed by atoms with Gasteiger partial charge in [0.05, 0.1) is 12.0 Å². The highest BCUT2D eigenvalue weighted by molar-refractivity contribution is 7.87. The third kappa shape index (κ3) is 1.96. The maximum Gasteiger partial charge on any atom is 0.295 e. The molecule has 1 rings (SSSR count). The highest BCUT2D eigenvalue weighted by Gasteiger charge is 2.22. The average Bonchev–Trinajstić information content (AvgIpc) is 2.23. The van der Waals surface area contributed by atoms with Gasteiger partial charge in [0.15, 0.2) is 0 Å². The van der Waals surface area contributed by atoms with Gasteiger partial charge in [-0.05, 0) is 6.92 Å². The van der Waals surface area contributed by atoms with Crippen LogP contribution in [-0.2, 0) is 14.3 Å². The molecule has 0 unspecified atom stereocenters. The van der Waals surface area contributed by atoms with Crippen molar-refractivity contribution in [3.8, 4) is 0 Å². The Morgan fingerprint density at radius 3 is 1.62 bits per heavy atom. The van der Waals surface area contributed by atoms with Crippen molar-refractivity contribution >= 4 is 63.4 Å². The van der Waals surface area contributed by atoms with Crippen LogP contribution in [0.2, 0.25) is 0 Å². The monoisotopic (exact) mass is 234 g/mol. The van der Waals surface area contributed by atoms with Gasteiger partial charge in [0.25, 0.3) is 10.1 Å². The summed E-state index contributed by atoms with van der Waals surface area (Å²) >= 11 is 0. The molecular weight excluding hydrogens is 219 g/mol. The first-order valence-electron chi connectivity index (χ1n) is 5.11. The van der Waals surface area contributed by atoms with Gasteiger partial charge in [-0.3, -0.25) is 4.18 Å². The van der Waals surface area contributed by atoms with Crippen LogP contribution in [-0.4, -0.2) is 46.9 Å². The molecule has 0 radical (unpaired) electrons. The van der Waals surface area contributed by atoms with Gasteiger partial charge in [0.2, 0.25) is 0 Å². The van der Waals surface area contributed by atoms with E-state index in [-0.39, 0.29) is 0 Å². The fraction of sp³-hybridized carbons (Fsp3) is 0.250. The summed E-state index contributed by atoms with van der Waals surface area (Å²) in [6.45, 7) is 2.01. The van der Waals surface area contributed by atoms with Gasteiger partial charge >= 0.3 is 0 Å². The molecule has 0 aromatic heterocycles. The first-order chi connectivity index (χ1) is 7.24. The van der Waals surface area contributed by atoms with Crippen LogP contribution < -0.4 is 21.9 Å². The normalized spacial score (nSPS) is 11.6. The molecule has 0 saturated heterocycles. The van der Waals surface area contributed by atoms with Crippen molar-refractivity contribution in [2.24, 2.45) is 0 Å². The molecule has 0 amide bonds. The number of hydrogen-bond donors (Lipinski definition) is 0. The number of hydrogen-bond acceptors (Lipinski definition) is 3. The summed E-state index contributed by atoms with van der Waals surface area (Å²) in [6, 6.07) is 0. The quantitative estimate of drug-likeness (QED) is 0.378. The van der Waals surface area contributed by atoms with Crippen molar-refractivity contribution in [3.05, 3.63) is 5.56 Å². The lowest BCUT2D eigenvalue weighted by molar-refractivity contribution is 0.399. The Hall–Kier alpha value is -0.610. The van der Waals surface area contributed by atoms with Crippen molar-refractivity contribution in [2.75, 3.05) is 7.11 Å². The maximum atomic E-state index is 11.8. The lowest BCUT2D eigenvalue weighted by Crippen LogP contribution is -2.47. The van der Waals surface area contributed by atoms with Crippen molar-refractivity contribution in [1.29, 1.82) is 0 Å². The van der Waals surface area contributed by atoms with Crippen LogP contribution in [0.1, 0.15) is 5.56 Å². The third-order valence-corrected chi connectivity index (χ3v) is 4.95. The molecule has 0 saturated carbocycles. The smallest absolute Gasteiger partial charge is 0.270 e. The van der Waals surface area contributed by atoms with E-state index in [1.54, 1.807) is 0 Å². The lowest BCUT2D eigenvalue weighted by atomic mass is 9.67. The van der Waals surface area contributed by atoms with Crippen LogP contribution in [0.15, 0.2) is 4.90 Å². The molecule has 0 fully saturated rings. The van der Waals surface area contributed by atoms with E-state index in [0.717, 1.165) is 27.4 Å². The van der Waals surface area contributed by atoms with E-state index < -0.39 is 10.1 Å². The molecule has 0 aliphatic carbocycles. The first-order valence-corrected chi connectivity index (χ1v) is 6.52. The van der Waals surface area contributed by atoms with E-state index in [1.165, 1.54) is 7.11 Å². The summed E-state index contributed by atoms with van der Waals surface area (Å²) in [6.07, 6.45) is 0. The topological polar surface area (TPSA) is 43.4 Å². The molecule has 0 bridgehead atoms. The summed E-state index contributed by atoms with van der Waals surface area (Å²) in [5, 5.41) is 0. The molecule has 0 aliphatic heterocycles. The zero-order valence-corrected chi connectivity index (χ0v) is 11.4. The number of rotatable bonds is 2. The molecule has 1 aromatic rings. The van der Waals surface area contributed by atoms with Crippen LogP contribution >= 0.6 is 0 Å². The standard InChI is InChI=1S/C8H14B4O3S/c1-3-4(9)6(11)8(7(12)5(3)10)16(13,14)15-2/h9-12H2,1-2H3. The molecule has 0 heterocycles. The van der Waals surface area contributed by atoms with Gasteiger partial charge in [0, 0.05) is 0 Å². The van der Waals surface area contributed by atoms with Gasteiger partial charge < -0.3 is 0 Å². The van der Waals surface area contributed by atoms with E-state index in [0.29, 0.717) is 4.90 Å². The van der Waals surface area contributed by atoms with Gasteiger partial charge in [-0.2, -0.15) is 8.42 Å². The van der Waals surface area contributed by atoms with Crippen molar-refractivity contribution in [1.82, 2.24) is 0 Å². The summed E-state index contributed by atoms with van der Waals surface area (Å²) < 4.78 is 28.3. The fourth-order valence-electron chi connectivity index (χ4n) is 1.92.